The molecule has 7 nitrogen and oxygen atoms in total. The van der Waals surface area contributed by atoms with E-state index >= 15 is 0 Å². The smallest absolute Gasteiger partial charge is 0.364 e. The SMILES string of the molecule is CN=C(NCc1ccon1)NC1CCN(c2ncc(C(F)(F)F)cc2Cl)C1.I. The number of nitrogens with zero attached hydrogens (tertiary/aromatic N) is 4. The molecule has 3 rings (SSSR count). The average molecular weight is 531 g/mol. The molecule has 1 aliphatic rings. The average Bonchev–Trinajstić information content (AvgIpc) is 3.29. The van der Waals surface area contributed by atoms with Crippen molar-refractivity contribution in [3.05, 3.63) is 40.9 Å². The van der Waals surface area contributed by atoms with Gasteiger partial charge in [-0.3, -0.25) is 4.99 Å². The number of nitrogens with one attached hydrogen (secondary N) is 2. The minimum atomic E-state index is -4.47. The first-order valence-corrected chi connectivity index (χ1v) is 8.58. The number of aliphatic imine (C=N–C) groups is 1. The van der Waals surface area contributed by atoms with Crippen LogP contribution in [-0.4, -0.2) is 42.3 Å². The number of anilines is 1. The molecule has 0 bridgehead atoms. The summed E-state index contributed by atoms with van der Waals surface area (Å²) in [5.74, 6) is 0.941. The van der Waals surface area contributed by atoms with E-state index in [4.69, 9.17) is 16.1 Å². The normalized spacial score (nSPS) is 17.4. The highest BCUT2D eigenvalue weighted by Gasteiger charge is 2.33. The van der Waals surface area contributed by atoms with E-state index in [0.29, 0.717) is 31.4 Å². The van der Waals surface area contributed by atoms with E-state index < -0.39 is 11.7 Å². The Morgan fingerprint density at radius 1 is 1.46 bits per heavy atom. The summed E-state index contributed by atoms with van der Waals surface area (Å²) in [4.78, 5) is 9.92. The van der Waals surface area contributed by atoms with Crippen LogP contribution in [0.1, 0.15) is 17.7 Å². The molecule has 12 heteroatoms. The van der Waals surface area contributed by atoms with E-state index in [1.54, 1.807) is 13.1 Å². The van der Waals surface area contributed by atoms with Crippen molar-refractivity contribution >= 4 is 47.4 Å². The molecule has 0 spiro atoms. The first-order chi connectivity index (χ1) is 12.9. The Bertz CT molecular complexity index is 802. The number of halogens is 5. The van der Waals surface area contributed by atoms with Crippen LogP contribution < -0.4 is 15.5 Å². The fourth-order valence-electron chi connectivity index (χ4n) is 2.78. The highest BCUT2D eigenvalue weighted by Crippen LogP contribution is 2.34. The van der Waals surface area contributed by atoms with E-state index in [1.165, 1.54) is 6.26 Å². The molecular formula is C16H19ClF3IN6O. The maximum Gasteiger partial charge on any atom is 0.417 e. The Hall–Kier alpha value is -1.76. The Morgan fingerprint density at radius 2 is 2.25 bits per heavy atom. The van der Waals surface area contributed by atoms with Crippen LogP contribution in [0.2, 0.25) is 5.02 Å². The lowest BCUT2D eigenvalue weighted by molar-refractivity contribution is -0.137. The van der Waals surface area contributed by atoms with E-state index in [2.05, 4.69) is 25.8 Å². The Kier molecular flexibility index (Phi) is 7.75. The zero-order chi connectivity index (χ0) is 19.4. The van der Waals surface area contributed by atoms with Crippen LogP contribution in [0.4, 0.5) is 19.0 Å². The molecule has 1 saturated heterocycles. The number of guanidine groups is 1. The van der Waals surface area contributed by atoms with E-state index in [0.717, 1.165) is 24.4 Å². The monoisotopic (exact) mass is 530 g/mol. The van der Waals surface area contributed by atoms with Gasteiger partial charge in [0.2, 0.25) is 0 Å². The van der Waals surface area contributed by atoms with Gasteiger partial charge < -0.3 is 20.1 Å². The van der Waals surface area contributed by atoms with Gasteiger partial charge in [0, 0.05) is 38.4 Å². The lowest BCUT2D eigenvalue weighted by Crippen LogP contribution is -2.44. The Balaban J connectivity index is 0.00000280. The molecule has 154 valence electrons. The third-order valence-corrected chi connectivity index (χ3v) is 4.41. The van der Waals surface area contributed by atoms with Crippen molar-refractivity contribution in [3.63, 3.8) is 0 Å². The van der Waals surface area contributed by atoms with Crippen molar-refractivity contribution < 1.29 is 17.7 Å². The van der Waals surface area contributed by atoms with Gasteiger partial charge in [-0.15, -0.1) is 24.0 Å². The molecule has 1 unspecified atom stereocenters. The number of aromatic nitrogens is 2. The minimum Gasteiger partial charge on any atom is -0.364 e. The van der Waals surface area contributed by atoms with Crippen LogP contribution in [0.3, 0.4) is 0 Å². The summed E-state index contributed by atoms with van der Waals surface area (Å²) in [7, 11) is 1.65. The summed E-state index contributed by atoms with van der Waals surface area (Å²) < 4.78 is 43.0. The molecule has 2 N–H and O–H groups in total. The number of hydrogen-bond acceptors (Lipinski definition) is 5. The van der Waals surface area contributed by atoms with Crippen molar-refractivity contribution in [2.45, 2.75) is 25.2 Å². The van der Waals surface area contributed by atoms with Gasteiger partial charge in [-0.1, -0.05) is 16.8 Å². The fourth-order valence-corrected chi connectivity index (χ4v) is 3.07. The lowest BCUT2D eigenvalue weighted by atomic mass is 10.2. The van der Waals surface area contributed by atoms with E-state index in [1.807, 2.05) is 4.90 Å². The van der Waals surface area contributed by atoms with Crippen LogP contribution in [0.15, 0.2) is 34.1 Å². The van der Waals surface area contributed by atoms with Gasteiger partial charge in [-0.2, -0.15) is 13.2 Å². The van der Waals surface area contributed by atoms with Gasteiger partial charge in [-0.25, -0.2) is 4.98 Å². The molecule has 0 saturated carbocycles. The molecule has 0 aliphatic carbocycles. The topological polar surface area (TPSA) is 78.6 Å². The molecule has 1 atom stereocenters. The summed E-state index contributed by atoms with van der Waals surface area (Å²) in [6.45, 7) is 1.62. The zero-order valence-corrected chi connectivity index (χ0v) is 17.9. The van der Waals surface area contributed by atoms with Crippen molar-refractivity contribution in [1.82, 2.24) is 20.8 Å². The molecule has 0 radical (unpaired) electrons. The summed E-state index contributed by atoms with van der Waals surface area (Å²) in [5.41, 5.74) is -0.116. The second kappa shape index (κ2) is 9.63. The first kappa shape index (κ1) is 22.5. The molecule has 3 heterocycles. The van der Waals surface area contributed by atoms with Crippen LogP contribution in [-0.2, 0) is 12.7 Å². The molecule has 0 aromatic carbocycles. The standard InChI is InChI=1S/C16H18ClF3N6O.HI/c1-21-15(23-8-11-3-5-27-25-11)24-12-2-4-26(9-12)14-13(17)6-10(7-22-14)16(18,19)20;/h3,5-7,12H,2,4,8-9H2,1H3,(H2,21,23,24);1H. The van der Waals surface area contributed by atoms with Crippen molar-refractivity contribution in [1.29, 1.82) is 0 Å². The third-order valence-electron chi connectivity index (χ3n) is 4.13. The molecule has 1 aliphatic heterocycles. The Labute approximate surface area is 181 Å². The van der Waals surface area contributed by atoms with Gasteiger partial charge in [0.15, 0.2) is 5.96 Å². The molecule has 0 amide bonds. The van der Waals surface area contributed by atoms with Crippen molar-refractivity contribution in [2.75, 3.05) is 25.0 Å². The van der Waals surface area contributed by atoms with Crippen LogP contribution in [0.5, 0.6) is 0 Å². The molecule has 2 aromatic rings. The van der Waals surface area contributed by atoms with Crippen molar-refractivity contribution in [2.24, 2.45) is 4.99 Å². The highest BCUT2D eigenvalue weighted by molar-refractivity contribution is 14.0. The van der Waals surface area contributed by atoms with Gasteiger partial charge in [0.25, 0.3) is 0 Å². The lowest BCUT2D eigenvalue weighted by Gasteiger charge is -2.21. The minimum absolute atomic E-state index is 0. The summed E-state index contributed by atoms with van der Waals surface area (Å²) >= 11 is 6.03. The summed E-state index contributed by atoms with van der Waals surface area (Å²) in [6.07, 6.45) is -1.40. The number of hydrogen-bond donors (Lipinski definition) is 2. The molecule has 2 aromatic heterocycles. The van der Waals surface area contributed by atoms with Crippen LogP contribution in [0.25, 0.3) is 0 Å². The summed E-state index contributed by atoms with van der Waals surface area (Å²) in [6, 6.07) is 2.70. The van der Waals surface area contributed by atoms with Crippen molar-refractivity contribution in [3.8, 4) is 0 Å². The quantitative estimate of drug-likeness (QED) is 0.359. The number of alkyl halides is 3. The van der Waals surface area contributed by atoms with Crippen LogP contribution >= 0.6 is 35.6 Å². The number of pyridine rings is 1. The maximum atomic E-state index is 12.7. The predicted molar refractivity (Wildman–Crippen MR) is 110 cm³/mol. The van der Waals surface area contributed by atoms with Gasteiger partial charge in [0.1, 0.15) is 17.8 Å². The second-order valence-corrected chi connectivity index (χ2v) is 6.43. The van der Waals surface area contributed by atoms with Gasteiger partial charge in [-0.05, 0) is 12.5 Å². The van der Waals surface area contributed by atoms with E-state index in [9.17, 15) is 13.2 Å². The highest BCUT2D eigenvalue weighted by atomic mass is 127. The van der Waals surface area contributed by atoms with E-state index in [-0.39, 0.29) is 35.0 Å². The van der Waals surface area contributed by atoms with Gasteiger partial charge >= 0.3 is 6.18 Å². The first-order valence-electron chi connectivity index (χ1n) is 8.21. The van der Waals surface area contributed by atoms with Crippen LogP contribution in [0, 0.1) is 0 Å². The van der Waals surface area contributed by atoms with Gasteiger partial charge in [0.05, 0.1) is 17.1 Å². The maximum absolute atomic E-state index is 12.7. The largest absolute Gasteiger partial charge is 0.417 e. The zero-order valence-electron chi connectivity index (χ0n) is 14.8. The molecule has 1 fully saturated rings. The molecular weight excluding hydrogens is 512 g/mol. The third kappa shape index (κ3) is 5.63. The number of rotatable bonds is 4. The predicted octanol–water partition coefficient (Wildman–Crippen LogP) is 3.30. The molecule has 28 heavy (non-hydrogen) atoms. The second-order valence-electron chi connectivity index (χ2n) is 6.02. The fraction of sp³-hybridized carbons (Fsp3) is 0.438. The summed E-state index contributed by atoms with van der Waals surface area (Å²) in [5, 5.41) is 10.2. The Morgan fingerprint density at radius 3 is 2.86 bits per heavy atom.